The van der Waals surface area contributed by atoms with Gasteiger partial charge in [-0.2, -0.15) is 0 Å². The lowest BCUT2D eigenvalue weighted by atomic mass is 10.00. The Bertz CT molecular complexity index is 885. The van der Waals surface area contributed by atoms with E-state index in [1.807, 2.05) is 29.2 Å². The van der Waals surface area contributed by atoms with Gasteiger partial charge in [-0.15, -0.1) is 0 Å². The smallest absolute Gasteiger partial charge is 0.242 e. The normalized spacial score (nSPS) is 13.6. The lowest BCUT2D eigenvalue weighted by Gasteiger charge is -2.29. The average molecular weight is 415 g/mol. The number of amides is 1. The van der Waals surface area contributed by atoms with Crippen LogP contribution < -0.4 is 15.4 Å². The van der Waals surface area contributed by atoms with Gasteiger partial charge in [-0.3, -0.25) is 9.79 Å². The molecule has 1 amide bonds. The van der Waals surface area contributed by atoms with Gasteiger partial charge in [0.25, 0.3) is 0 Å². The van der Waals surface area contributed by atoms with E-state index < -0.39 is 0 Å². The monoisotopic (exact) mass is 414 g/mol. The third-order valence-electron chi connectivity index (χ3n) is 5.06. The van der Waals surface area contributed by atoms with Crippen molar-refractivity contribution in [2.75, 3.05) is 33.8 Å². The highest BCUT2D eigenvalue weighted by Gasteiger charge is 2.20. The standard InChI is InChI=1S/C22H27ClN4O2/c1-24-22(25-11-9-17-7-8-19(29-2)13-20(17)23)26-14-21(28)27-12-10-16-5-3-4-6-18(16)15-27/h3-8,13H,9-12,14-15H2,1-2H3,(H2,24,25,26). The van der Waals surface area contributed by atoms with Crippen molar-refractivity contribution >= 4 is 23.5 Å². The molecule has 0 atom stereocenters. The number of aliphatic imine (C=N–C) groups is 1. The lowest BCUT2D eigenvalue weighted by molar-refractivity contribution is -0.130. The van der Waals surface area contributed by atoms with Gasteiger partial charge >= 0.3 is 0 Å². The van der Waals surface area contributed by atoms with Gasteiger partial charge in [-0.25, -0.2) is 0 Å². The number of benzene rings is 2. The van der Waals surface area contributed by atoms with E-state index in [9.17, 15) is 4.79 Å². The maximum absolute atomic E-state index is 12.6. The first-order chi connectivity index (χ1) is 14.1. The van der Waals surface area contributed by atoms with Crippen molar-refractivity contribution < 1.29 is 9.53 Å². The summed E-state index contributed by atoms with van der Waals surface area (Å²) in [4.78, 5) is 18.7. The molecule has 1 heterocycles. The highest BCUT2D eigenvalue weighted by molar-refractivity contribution is 6.31. The summed E-state index contributed by atoms with van der Waals surface area (Å²) in [5.74, 6) is 1.41. The van der Waals surface area contributed by atoms with Crippen LogP contribution in [-0.4, -0.2) is 50.6 Å². The first-order valence-corrected chi connectivity index (χ1v) is 10.1. The van der Waals surface area contributed by atoms with E-state index in [1.54, 1.807) is 20.2 Å². The maximum Gasteiger partial charge on any atom is 0.242 e. The van der Waals surface area contributed by atoms with Gasteiger partial charge < -0.3 is 20.3 Å². The molecule has 29 heavy (non-hydrogen) atoms. The van der Waals surface area contributed by atoms with E-state index in [2.05, 4.69) is 27.8 Å². The number of rotatable bonds is 6. The number of hydrogen-bond donors (Lipinski definition) is 2. The van der Waals surface area contributed by atoms with Crippen LogP contribution in [0.4, 0.5) is 0 Å². The van der Waals surface area contributed by atoms with Crippen molar-refractivity contribution in [3.63, 3.8) is 0 Å². The molecular weight excluding hydrogens is 388 g/mol. The molecule has 1 aliphatic rings. The Kier molecular flexibility index (Phi) is 7.36. The number of methoxy groups -OCH3 is 1. The molecule has 1 aliphatic heterocycles. The molecule has 154 valence electrons. The number of hydrogen-bond acceptors (Lipinski definition) is 3. The molecule has 2 N–H and O–H groups in total. The Labute approximate surface area is 176 Å². The van der Waals surface area contributed by atoms with Gasteiger partial charge in [-0.1, -0.05) is 41.9 Å². The summed E-state index contributed by atoms with van der Waals surface area (Å²) < 4.78 is 5.17. The van der Waals surface area contributed by atoms with E-state index in [1.165, 1.54) is 11.1 Å². The maximum atomic E-state index is 12.6. The van der Waals surface area contributed by atoms with Gasteiger partial charge in [0.2, 0.25) is 5.91 Å². The fraction of sp³-hybridized carbons (Fsp3) is 0.364. The molecule has 0 aromatic heterocycles. The first kappa shape index (κ1) is 21.0. The van der Waals surface area contributed by atoms with Crippen molar-refractivity contribution in [3.8, 4) is 5.75 Å². The van der Waals surface area contributed by atoms with Crippen molar-refractivity contribution in [1.29, 1.82) is 0 Å². The van der Waals surface area contributed by atoms with E-state index >= 15 is 0 Å². The minimum atomic E-state index is 0.0700. The van der Waals surface area contributed by atoms with Crippen LogP contribution >= 0.6 is 11.6 Å². The fourth-order valence-electron chi connectivity index (χ4n) is 3.37. The fourth-order valence-corrected chi connectivity index (χ4v) is 3.64. The quantitative estimate of drug-likeness (QED) is 0.563. The Balaban J connectivity index is 1.44. The summed E-state index contributed by atoms with van der Waals surface area (Å²) in [6.45, 7) is 2.28. The van der Waals surface area contributed by atoms with Crippen LogP contribution in [0.2, 0.25) is 5.02 Å². The highest BCUT2D eigenvalue weighted by Crippen LogP contribution is 2.22. The van der Waals surface area contributed by atoms with Crippen molar-refractivity contribution in [1.82, 2.24) is 15.5 Å². The minimum absolute atomic E-state index is 0.0700. The van der Waals surface area contributed by atoms with Crippen LogP contribution in [0.5, 0.6) is 5.75 Å². The van der Waals surface area contributed by atoms with E-state index in [0.717, 1.165) is 30.7 Å². The second-order valence-electron chi connectivity index (χ2n) is 6.89. The number of ether oxygens (including phenoxy) is 1. The number of nitrogens with one attached hydrogen (secondary N) is 2. The van der Waals surface area contributed by atoms with Gasteiger partial charge in [0, 0.05) is 31.7 Å². The molecule has 2 aromatic carbocycles. The Morgan fingerprint density at radius 2 is 2.00 bits per heavy atom. The number of carbonyl (C=O) groups is 1. The summed E-state index contributed by atoms with van der Waals surface area (Å²) in [5.41, 5.74) is 3.59. The molecule has 0 unspecified atom stereocenters. The predicted octanol–water partition coefficient (Wildman–Crippen LogP) is 2.64. The zero-order chi connectivity index (χ0) is 20.6. The van der Waals surface area contributed by atoms with Crippen LogP contribution in [0.3, 0.4) is 0 Å². The van der Waals surface area contributed by atoms with E-state index in [-0.39, 0.29) is 12.5 Å². The Hall–Kier alpha value is -2.73. The zero-order valence-electron chi connectivity index (χ0n) is 16.9. The largest absolute Gasteiger partial charge is 0.497 e. The van der Waals surface area contributed by atoms with Crippen molar-refractivity contribution in [2.45, 2.75) is 19.4 Å². The molecular formula is C22H27ClN4O2. The molecule has 2 aromatic rings. The van der Waals surface area contributed by atoms with Crippen LogP contribution in [0.15, 0.2) is 47.5 Å². The molecule has 0 saturated heterocycles. The molecule has 3 rings (SSSR count). The summed E-state index contributed by atoms with van der Waals surface area (Å²) in [7, 11) is 3.31. The molecule has 0 bridgehead atoms. The molecule has 7 heteroatoms. The van der Waals surface area contributed by atoms with Gasteiger partial charge in [0.05, 0.1) is 13.7 Å². The predicted molar refractivity (Wildman–Crippen MR) is 117 cm³/mol. The number of fused-ring (bicyclic) bond motifs is 1. The Morgan fingerprint density at radius 1 is 1.21 bits per heavy atom. The summed E-state index contributed by atoms with van der Waals surface area (Å²) in [6.07, 6.45) is 1.64. The van der Waals surface area contributed by atoms with Crippen LogP contribution in [0.1, 0.15) is 16.7 Å². The average Bonchev–Trinajstić information content (AvgIpc) is 2.76. The molecule has 0 fully saturated rings. The molecule has 6 nitrogen and oxygen atoms in total. The number of halogens is 1. The van der Waals surface area contributed by atoms with Gasteiger partial charge in [0.1, 0.15) is 5.75 Å². The minimum Gasteiger partial charge on any atom is -0.497 e. The number of carbonyl (C=O) groups excluding carboxylic acids is 1. The first-order valence-electron chi connectivity index (χ1n) is 9.72. The van der Waals surface area contributed by atoms with Crippen LogP contribution in [0, 0.1) is 0 Å². The van der Waals surface area contributed by atoms with Crippen molar-refractivity contribution in [2.24, 2.45) is 4.99 Å². The second-order valence-corrected chi connectivity index (χ2v) is 7.30. The number of guanidine groups is 1. The van der Waals surface area contributed by atoms with Gasteiger partial charge in [-0.05, 0) is 41.7 Å². The van der Waals surface area contributed by atoms with Gasteiger partial charge in [0.15, 0.2) is 5.96 Å². The SMILES string of the molecule is CN=C(NCCc1ccc(OC)cc1Cl)NCC(=O)N1CCc2ccccc2C1. The Morgan fingerprint density at radius 3 is 2.72 bits per heavy atom. The molecule has 0 radical (unpaired) electrons. The highest BCUT2D eigenvalue weighted by atomic mass is 35.5. The second kappa shape index (κ2) is 10.2. The topological polar surface area (TPSA) is 66.0 Å². The molecule has 0 saturated carbocycles. The summed E-state index contributed by atoms with van der Waals surface area (Å²) in [5, 5.41) is 7.01. The zero-order valence-corrected chi connectivity index (χ0v) is 17.6. The van der Waals surface area contributed by atoms with E-state index in [4.69, 9.17) is 16.3 Å². The molecule has 0 aliphatic carbocycles. The van der Waals surface area contributed by atoms with Crippen LogP contribution in [0.25, 0.3) is 0 Å². The molecule has 0 spiro atoms. The summed E-state index contributed by atoms with van der Waals surface area (Å²) >= 11 is 6.28. The third-order valence-corrected chi connectivity index (χ3v) is 5.41. The summed E-state index contributed by atoms with van der Waals surface area (Å²) in [6, 6.07) is 13.9. The van der Waals surface area contributed by atoms with Crippen LogP contribution in [-0.2, 0) is 24.2 Å². The third kappa shape index (κ3) is 5.64. The lowest BCUT2D eigenvalue weighted by Crippen LogP contribution is -2.46. The number of nitrogens with zero attached hydrogens (tertiary/aromatic N) is 2. The van der Waals surface area contributed by atoms with E-state index in [0.29, 0.717) is 24.1 Å². The van der Waals surface area contributed by atoms with Crippen molar-refractivity contribution in [3.05, 3.63) is 64.2 Å².